The van der Waals surface area contributed by atoms with Crippen molar-refractivity contribution < 1.29 is 9.21 Å². The van der Waals surface area contributed by atoms with Gasteiger partial charge in [0.1, 0.15) is 11.4 Å². The predicted molar refractivity (Wildman–Crippen MR) is 119 cm³/mol. The smallest absolute Gasteiger partial charge is 0.296 e. The van der Waals surface area contributed by atoms with Crippen molar-refractivity contribution in [1.29, 1.82) is 0 Å². The summed E-state index contributed by atoms with van der Waals surface area (Å²) in [5.41, 5.74) is 3.12. The molecular formula is C24H17BrN2O3. The van der Waals surface area contributed by atoms with Crippen LogP contribution in [0.2, 0.25) is 0 Å². The topological polar surface area (TPSA) is 63.4 Å². The van der Waals surface area contributed by atoms with Crippen LogP contribution in [0.4, 0.5) is 5.82 Å². The van der Waals surface area contributed by atoms with E-state index in [9.17, 15) is 9.59 Å². The van der Waals surface area contributed by atoms with E-state index in [-0.39, 0.29) is 17.1 Å². The van der Waals surface area contributed by atoms with Crippen LogP contribution in [0, 0.1) is 13.8 Å². The molecule has 0 saturated heterocycles. The minimum Gasteiger partial charge on any atom is -0.450 e. The second kappa shape index (κ2) is 6.92. The van der Waals surface area contributed by atoms with E-state index >= 15 is 0 Å². The lowest BCUT2D eigenvalue weighted by Crippen LogP contribution is -2.30. The summed E-state index contributed by atoms with van der Waals surface area (Å²) in [6, 6.07) is 17.9. The molecule has 0 fully saturated rings. The zero-order valence-corrected chi connectivity index (χ0v) is 17.9. The molecular weight excluding hydrogens is 444 g/mol. The number of amides is 1. The first-order valence-corrected chi connectivity index (χ1v) is 10.3. The Hall–Kier alpha value is -3.25. The molecule has 5 rings (SSSR count). The molecule has 3 heterocycles. The molecule has 1 amide bonds. The number of benzene rings is 2. The number of hydrogen-bond donors (Lipinski definition) is 0. The van der Waals surface area contributed by atoms with Gasteiger partial charge in [0.2, 0.25) is 5.76 Å². The van der Waals surface area contributed by atoms with Gasteiger partial charge in [0.15, 0.2) is 5.43 Å². The molecule has 0 aliphatic carbocycles. The SMILES string of the molecule is Cc1ccc2oc3c(c(=O)c2c1)[C@@H](c1ccc(Br)cc1)N(c1cccc(C)n1)C3=O. The first kappa shape index (κ1) is 18.8. The number of aromatic nitrogens is 1. The fourth-order valence-corrected chi connectivity index (χ4v) is 4.21. The molecule has 1 aliphatic rings. The number of rotatable bonds is 2. The molecule has 4 aromatic rings. The van der Waals surface area contributed by atoms with Crippen LogP contribution in [-0.4, -0.2) is 10.9 Å². The van der Waals surface area contributed by atoms with Crippen molar-refractivity contribution in [2.75, 3.05) is 4.90 Å². The van der Waals surface area contributed by atoms with Crippen LogP contribution >= 0.6 is 15.9 Å². The molecule has 6 heteroatoms. The van der Waals surface area contributed by atoms with E-state index in [1.54, 1.807) is 23.1 Å². The largest absolute Gasteiger partial charge is 0.450 e. The zero-order valence-electron chi connectivity index (χ0n) is 16.3. The highest BCUT2D eigenvalue weighted by Gasteiger charge is 2.44. The molecule has 0 saturated carbocycles. The monoisotopic (exact) mass is 460 g/mol. The fourth-order valence-electron chi connectivity index (χ4n) is 3.95. The van der Waals surface area contributed by atoms with Gasteiger partial charge in [-0.15, -0.1) is 0 Å². The highest BCUT2D eigenvalue weighted by Crippen LogP contribution is 2.40. The first-order chi connectivity index (χ1) is 14.4. The molecule has 2 aromatic carbocycles. The first-order valence-electron chi connectivity index (χ1n) is 9.54. The summed E-state index contributed by atoms with van der Waals surface area (Å²) in [5, 5.41) is 0.475. The van der Waals surface area contributed by atoms with Crippen molar-refractivity contribution in [3.05, 3.63) is 104 Å². The Kier molecular flexibility index (Phi) is 4.33. The summed E-state index contributed by atoms with van der Waals surface area (Å²) in [6.45, 7) is 3.79. The minimum atomic E-state index is -0.615. The van der Waals surface area contributed by atoms with Crippen molar-refractivity contribution in [2.45, 2.75) is 19.9 Å². The maximum absolute atomic E-state index is 13.5. The Labute approximate surface area is 181 Å². The lowest BCUT2D eigenvalue weighted by atomic mass is 9.98. The van der Waals surface area contributed by atoms with Crippen LogP contribution < -0.4 is 10.3 Å². The highest BCUT2D eigenvalue weighted by molar-refractivity contribution is 9.10. The lowest BCUT2D eigenvalue weighted by molar-refractivity contribution is 0.0970. The highest BCUT2D eigenvalue weighted by atomic mass is 79.9. The number of aryl methyl sites for hydroxylation is 2. The van der Waals surface area contributed by atoms with Crippen LogP contribution in [0.3, 0.4) is 0 Å². The summed E-state index contributed by atoms with van der Waals surface area (Å²) in [4.78, 5) is 33.1. The van der Waals surface area contributed by atoms with Gasteiger partial charge in [-0.2, -0.15) is 0 Å². The summed E-state index contributed by atoms with van der Waals surface area (Å²) in [6.07, 6.45) is 0. The molecule has 0 radical (unpaired) electrons. The number of carbonyl (C=O) groups is 1. The summed E-state index contributed by atoms with van der Waals surface area (Å²) in [5.74, 6) is 0.196. The fraction of sp³-hybridized carbons (Fsp3) is 0.125. The molecule has 148 valence electrons. The molecule has 2 aromatic heterocycles. The van der Waals surface area contributed by atoms with Crippen LogP contribution in [-0.2, 0) is 0 Å². The third kappa shape index (κ3) is 2.87. The third-order valence-corrected chi connectivity index (χ3v) is 5.86. The lowest BCUT2D eigenvalue weighted by Gasteiger charge is -2.24. The van der Waals surface area contributed by atoms with E-state index in [4.69, 9.17) is 4.42 Å². The molecule has 1 aliphatic heterocycles. The number of nitrogens with zero attached hydrogens (tertiary/aromatic N) is 2. The van der Waals surface area contributed by atoms with Gasteiger partial charge >= 0.3 is 0 Å². The third-order valence-electron chi connectivity index (χ3n) is 5.33. The summed E-state index contributed by atoms with van der Waals surface area (Å²) in [7, 11) is 0. The molecule has 0 spiro atoms. The van der Waals surface area contributed by atoms with Crippen LogP contribution in [0.5, 0.6) is 0 Å². The Morgan fingerprint density at radius 1 is 1.00 bits per heavy atom. The minimum absolute atomic E-state index is 0.0765. The normalized spacial score (nSPS) is 15.6. The van der Waals surface area contributed by atoms with Gasteiger partial charge in [0, 0.05) is 10.2 Å². The summed E-state index contributed by atoms with van der Waals surface area (Å²) >= 11 is 3.45. The van der Waals surface area contributed by atoms with Crippen molar-refractivity contribution in [3.8, 4) is 0 Å². The molecule has 0 N–H and O–H groups in total. The van der Waals surface area contributed by atoms with Crippen LogP contribution in [0.1, 0.15) is 39.0 Å². The second-order valence-electron chi connectivity index (χ2n) is 7.44. The Morgan fingerprint density at radius 2 is 1.77 bits per heavy atom. The molecule has 30 heavy (non-hydrogen) atoms. The molecule has 0 bridgehead atoms. The van der Waals surface area contributed by atoms with Gasteiger partial charge in [-0.1, -0.05) is 45.8 Å². The molecule has 0 unspecified atom stereocenters. The number of hydrogen-bond acceptors (Lipinski definition) is 4. The van der Waals surface area contributed by atoms with Crippen molar-refractivity contribution in [3.63, 3.8) is 0 Å². The van der Waals surface area contributed by atoms with E-state index in [1.807, 2.05) is 56.3 Å². The predicted octanol–water partition coefficient (Wildman–Crippen LogP) is 5.32. The molecule has 5 nitrogen and oxygen atoms in total. The number of pyridine rings is 1. The molecule has 1 atom stereocenters. The van der Waals surface area contributed by atoms with Crippen molar-refractivity contribution in [1.82, 2.24) is 4.98 Å². The van der Waals surface area contributed by atoms with Crippen LogP contribution in [0.25, 0.3) is 11.0 Å². The van der Waals surface area contributed by atoms with E-state index in [2.05, 4.69) is 20.9 Å². The van der Waals surface area contributed by atoms with Gasteiger partial charge in [-0.3, -0.25) is 14.5 Å². The zero-order chi connectivity index (χ0) is 21.0. The van der Waals surface area contributed by atoms with E-state index < -0.39 is 6.04 Å². The average Bonchev–Trinajstić information content (AvgIpc) is 3.02. The standard InChI is InChI=1S/C24H17BrN2O3/c1-13-6-11-18-17(12-13)22(28)20-21(15-7-9-16(25)10-8-15)27(24(29)23(20)30-18)19-5-3-4-14(2)26-19/h3-12,21H,1-2H3/t21-/m1/s1. The number of halogens is 1. The van der Waals surface area contributed by atoms with E-state index in [0.717, 1.165) is 21.3 Å². The van der Waals surface area contributed by atoms with Gasteiger partial charge in [-0.05, 0) is 55.8 Å². The van der Waals surface area contributed by atoms with E-state index in [0.29, 0.717) is 22.4 Å². The summed E-state index contributed by atoms with van der Waals surface area (Å²) < 4.78 is 6.90. The second-order valence-corrected chi connectivity index (χ2v) is 8.36. The maximum atomic E-state index is 13.5. The quantitative estimate of drug-likeness (QED) is 0.406. The average molecular weight is 461 g/mol. The number of fused-ring (bicyclic) bond motifs is 2. The number of anilines is 1. The van der Waals surface area contributed by atoms with Crippen LogP contribution in [0.15, 0.2) is 74.3 Å². The van der Waals surface area contributed by atoms with Gasteiger partial charge < -0.3 is 4.42 Å². The van der Waals surface area contributed by atoms with Crippen molar-refractivity contribution >= 4 is 38.6 Å². The number of carbonyl (C=O) groups excluding carboxylic acids is 1. The Balaban J connectivity index is 1.83. The Bertz CT molecular complexity index is 1380. The van der Waals surface area contributed by atoms with Crippen molar-refractivity contribution in [2.24, 2.45) is 0 Å². The van der Waals surface area contributed by atoms with Gasteiger partial charge in [-0.25, -0.2) is 4.98 Å². The Morgan fingerprint density at radius 3 is 2.50 bits per heavy atom. The van der Waals surface area contributed by atoms with Gasteiger partial charge in [0.25, 0.3) is 5.91 Å². The maximum Gasteiger partial charge on any atom is 0.296 e. The van der Waals surface area contributed by atoms with Gasteiger partial charge in [0.05, 0.1) is 17.0 Å². The van der Waals surface area contributed by atoms with E-state index in [1.165, 1.54) is 0 Å².